The van der Waals surface area contributed by atoms with E-state index < -0.39 is 97.5 Å². The molecule has 0 aliphatic carbocycles. The van der Waals surface area contributed by atoms with Gasteiger partial charge in [0, 0.05) is 25.7 Å². The second kappa shape index (κ2) is 67.8. The second-order valence-electron chi connectivity index (χ2n) is 24.5. The maximum atomic E-state index is 13.0. The number of carbonyl (C=O) groups excluding carboxylic acids is 4. The van der Waals surface area contributed by atoms with Gasteiger partial charge in [-0.3, -0.25) is 37.3 Å². The van der Waals surface area contributed by atoms with Crippen LogP contribution in [-0.4, -0.2) is 96.7 Å². The van der Waals surface area contributed by atoms with Crippen molar-refractivity contribution in [1.29, 1.82) is 0 Å². The van der Waals surface area contributed by atoms with Gasteiger partial charge in [-0.1, -0.05) is 260 Å². The Morgan fingerprint density at radius 1 is 0.309 bits per heavy atom. The minimum Gasteiger partial charge on any atom is -0.462 e. The minimum absolute atomic E-state index is 0.0770. The molecule has 0 saturated heterocycles. The van der Waals surface area contributed by atoms with E-state index in [0.717, 1.165) is 193 Å². The third-order valence-electron chi connectivity index (χ3n) is 15.3. The zero-order valence-electron chi connectivity index (χ0n) is 59.1. The number of aliphatic hydroxyl groups excluding tert-OH is 1. The van der Waals surface area contributed by atoms with Crippen LogP contribution in [0.5, 0.6) is 0 Å². The highest BCUT2D eigenvalue weighted by atomic mass is 31.2. The van der Waals surface area contributed by atoms with Crippen LogP contribution >= 0.6 is 15.6 Å². The summed E-state index contributed by atoms with van der Waals surface area (Å²) in [6, 6.07) is 0. The maximum absolute atomic E-state index is 13.0. The molecule has 0 rings (SSSR count). The largest absolute Gasteiger partial charge is 0.472 e. The third-order valence-corrected chi connectivity index (χ3v) is 17.2. The number of phosphoric acid groups is 2. The number of esters is 4. The molecule has 0 heterocycles. The van der Waals surface area contributed by atoms with Gasteiger partial charge in [0.15, 0.2) is 12.2 Å². The Kier molecular flexibility index (Phi) is 65.1. The van der Waals surface area contributed by atoms with Gasteiger partial charge in [0.05, 0.1) is 26.4 Å². The molecule has 0 aromatic heterocycles. The number of phosphoric ester groups is 2. The Morgan fingerprint density at radius 2 is 0.574 bits per heavy atom. The number of unbranched alkanes of at least 4 members (excludes halogenated alkanes) is 29. The Hall–Kier alpha value is -3.76. The lowest BCUT2D eigenvalue weighted by atomic mass is 10.1. The predicted octanol–water partition coefficient (Wildman–Crippen LogP) is 20.7. The molecule has 5 unspecified atom stereocenters. The monoisotopic (exact) mass is 1370 g/mol. The summed E-state index contributed by atoms with van der Waals surface area (Å²) in [6.07, 6.45) is 67.3. The van der Waals surface area contributed by atoms with Gasteiger partial charge < -0.3 is 33.8 Å². The van der Waals surface area contributed by atoms with E-state index in [1.54, 1.807) is 0 Å². The summed E-state index contributed by atoms with van der Waals surface area (Å²) in [7, 11) is -9.94. The first-order valence-electron chi connectivity index (χ1n) is 36.8. The number of allylic oxidation sites excluding steroid dienone is 14. The van der Waals surface area contributed by atoms with E-state index in [9.17, 15) is 43.2 Å². The van der Waals surface area contributed by atoms with Crippen molar-refractivity contribution in [2.24, 2.45) is 0 Å². The van der Waals surface area contributed by atoms with Gasteiger partial charge in [-0.2, -0.15) is 0 Å². The topological polar surface area (TPSA) is 237 Å². The molecule has 94 heavy (non-hydrogen) atoms. The Morgan fingerprint density at radius 3 is 0.894 bits per heavy atom. The molecule has 0 bridgehead atoms. The number of rotatable bonds is 69. The summed E-state index contributed by atoms with van der Waals surface area (Å²) in [5, 5.41) is 10.6. The highest BCUT2D eigenvalue weighted by molar-refractivity contribution is 7.47. The average molecular weight is 1370 g/mol. The van der Waals surface area contributed by atoms with Crippen LogP contribution in [0.1, 0.15) is 310 Å². The van der Waals surface area contributed by atoms with Crippen molar-refractivity contribution < 1.29 is 80.2 Å². The molecule has 5 atom stereocenters. The van der Waals surface area contributed by atoms with Crippen LogP contribution in [0.3, 0.4) is 0 Å². The highest BCUT2D eigenvalue weighted by Crippen LogP contribution is 2.45. The molecule has 0 spiro atoms. The van der Waals surface area contributed by atoms with Crippen LogP contribution in [0, 0.1) is 0 Å². The fourth-order valence-corrected chi connectivity index (χ4v) is 11.3. The first kappa shape index (κ1) is 90.2. The van der Waals surface area contributed by atoms with Crippen molar-refractivity contribution in [2.45, 2.75) is 329 Å². The van der Waals surface area contributed by atoms with Gasteiger partial charge in [0.1, 0.15) is 19.3 Å². The predicted molar refractivity (Wildman–Crippen MR) is 381 cm³/mol. The molecule has 0 fully saturated rings. The molecule has 3 N–H and O–H groups in total. The standard InChI is InChI=1S/C75H132O17P2/c1-5-9-13-17-21-25-29-32-33-34-35-38-41-44-48-52-56-60-73(78)86-65-70(91-74(79)61-57-53-49-45-39-28-24-20-16-12-8-4)67-89-93(81,82)87-63-69(76)64-88-94(83,84)90-68-71(92-75(80)62-58-54-50-46-42-37-31-27-23-19-15-11-7-3)66-85-72(77)59-55-51-47-43-40-36-30-26-22-18-14-10-6-2/h9,13-15,18-19,21,25-27,30-33,69-71,76H,5-8,10-12,16-17,20,22-24,28-29,34-68H2,1-4H3,(H,81,82)(H,83,84)/b13-9-,18-14-,19-15-,25-21-,30-26-,31-27-,33-32-. The average Bonchev–Trinajstić information content (AvgIpc) is 1.32. The lowest BCUT2D eigenvalue weighted by Gasteiger charge is -2.21. The summed E-state index contributed by atoms with van der Waals surface area (Å²) in [6.45, 7) is 4.60. The van der Waals surface area contributed by atoms with E-state index in [-0.39, 0.29) is 25.7 Å². The third kappa shape index (κ3) is 66.8. The molecule has 17 nitrogen and oxygen atoms in total. The number of carbonyl (C=O) groups is 4. The fourth-order valence-electron chi connectivity index (χ4n) is 9.72. The van der Waals surface area contributed by atoms with Crippen molar-refractivity contribution in [3.63, 3.8) is 0 Å². The Labute approximate surface area is 570 Å². The van der Waals surface area contributed by atoms with Gasteiger partial charge >= 0.3 is 39.5 Å². The molecule has 0 aliphatic heterocycles. The van der Waals surface area contributed by atoms with Crippen LogP contribution in [0.2, 0.25) is 0 Å². The Bertz CT molecular complexity index is 2120. The minimum atomic E-state index is -4.97. The van der Waals surface area contributed by atoms with Gasteiger partial charge in [-0.05, 0) is 109 Å². The molecule has 0 radical (unpaired) electrons. The molecule has 19 heteroatoms. The summed E-state index contributed by atoms with van der Waals surface area (Å²) >= 11 is 0. The van der Waals surface area contributed by atoms with E-state index in [2.05, 4.69) is 113 Å². The maximum Gasteiger partial charge on any atom is 0.472 e. The number of aliphatic hydroxyl groups is 1. The summed E-state index contributed by atoms with van der Waals surface area (Å²) in [5.41, 5.74) is 0. The molecule has 0 aliphatic rings. The molecular weight excluding hydrogens is 1230 g/mol. The zero-order valence-corrected chi connectivity index (χ0v) is 60.9. The molecule has 0 aromatic rings. The van der Waals surface area contributed by atoms with E-state index in [0.29, 0.717) is 25.7 Å². The fraction of sp³-hybridized carbons (Fsp3) is 0.760. The van der Waals surface area contributed by atoms with Crippen molar-refractivity contribution in [1.82, 2.24) is 0 Å². The first-order chi connectivity index (χ1) is 45.7. The van der Waals surface area contributed by atoms with Crippen LogP contribution in [0.4, 0.5) is 0 Å². The molecule has 544 valence electrons. The van der Waals surface area contributed by atoms with Crippen molar-refractivity contribution in [3.8, 4) is 0 Å². The lowest BCUT2D eigenvalue weighted by molar-refractivity contribution is -0.161. The van der Waals surface area contributed by atoms with E-state index in [4.69, 9.17) is 37.0 Å². The van der Waals surface area contributed by atoms with Crippen LogP contribution in [-0.2, 0) is 65.4 Å². The SMILES string of the molecule is CC/C=C\C/C=C\C/C=C\CCCCCCCCCC(=O)OCC(COP(=O)(O)OCC(O)COP(=O)(O)OCC(COC(=O)CCCCCCC/C=C\C/C=C\CCC)OC(=O)CCCCCCC/C=C\C/C=C\CCC)OC(=O)CCCCCCCCCCCCC. The second-order valence-corrected chi connectivity index (χ2v) is 27.4. The summed E-state index contributed by atoms with van der Waals surface area (Å²) in [4.78, 5) is 72.7. The summed E-state index contributed by atoms with van der Waals surface area (Å²) in [5.74, 6) is -2.20. The summed E-state index contributed by atoms with van der Waals surface area (Å²) < 4.78 is 68.3. The molecule has 0 aromatic carbocycles. The van der Waals surface area contributed by atoms with Gasteiger partial charge in [0.2, 0.25) is 0 Å². The first-order valence-corrected chi connectivity index (χ1v) is 39.8. The van der Waals surface area contributed by atoms with Gasteiger partial charge in [0.25, 0.3) is 0 Å². The normalized spacial score (nSPS) is 14.5. The highest BCUT2D eigenvalue weighted by Gasteiger charge is 2.30. The van der Waals surface area contributed by atoms with Crippen molar-refractivity contribution in [2.75, 3.05) is 39.6 Å². The molecule has 0 amide bonds. The number of hydrogen-bond donors (Lipinski definition) is 3. The quantitative estimate of drug-likeness (QED) is 0.0169. The van der Waals surface area contributed by atoms with Crippen LogP contribution < -0.4 is 0 Å². The van der Waals surface area contributed by atoms with Gasteiger partial charge in [-0.15, -0.1) is 0 Å². The van der Waals surface area contributed by atoms with Crippen molar-refractivity contribution >= 4 is 39.5 Å². The number of ether oxygens (including phenoxy) is 4. The van der Waals surface area contributed by atoms with Gasteiger partial charge in [-0.25, -0.2) is 9.13 Å². The van der Waals surface area contributed by atoms with E-state index in [1.807, 2.05) is 0 Å². The lowest BCUT2D eigenvalue weighted by Crippen LogP contribution is -2.30. The van der Waals surface area contributed by atoms with Crippen LogP contribution in [0.25, 0.3) is 0 Å². The zero-order chi connectivity index (χ0) is 69.0. The van der Waals surface area contributed by atoms with Crippen LogP contribution in [0.15, 0.2) is 85.1 Å². The number of hydrogen-bond acceptors (Lipinski definition) is 15. The molecule has 0 saturated carbocycles. The van der Waals surface area contributed by atoms with E-state index in [1.165, 1.54) is 38.5 Å². The van der Waals surface area contributed by atoms with Crippen molar-refractivity contribution in [3.05, 3.63) is 85.1 Å². The van der Waals surface area contributed by atoms with E-state index >= 15 is 0 Å². The smallest absolute Gasteiger partial charge is 0.462 e. The Balaban J connectivity index is 5.31. The molecular formula is C75H132O17P2.